The first-order valence-electron chi connectivity index (χ1n) is 8.40. The molecule has 3 rings (SSSR count). The Kier molecular flexibility index (Phi) is 5.90. The van der Waals surface area contributed by atoms with E-state index in [1.807, 2.05) is 30.3 Å². The summed E-state index contributed by atoms with van der Waals surface area (Å²) in [5, 5.41) is 11.4. The van der Waals surface area contributed by atoms with E-state index in [0.29, 0.717) is 16.5 Å². The van der Waals surface area contributed by atoms with Crippen LogP contribution in [-0.4, -0.2) is 32.2 Å². The Hall–Kier alpha value is -3.39. The van der Waals surface area contributed by atoms with Crippen molar-refractivity contribution in [3.05, 3.63) is 76.6 Å². The van der Waals surface area contributed by atoms with Gasteiger partial charge in [0.1, 0.15) is 0 Å². The van der Waals surface area contributed by atoms with Crippen molar-refractivity contribution in [3.63, 3.8) is 0 Å². The smallest absolute Gasteiger partial charge is 0.335 e. The Labute approximate surface area is 164 Å². The van der Waals surface area contributed by atoms with Crippen LogP contribution in [0.5, 0.6) is 0 Å². The second-order valence-electron chi connectivity index (χ2n) is 5.93. The molecule has 0 fully saturated rings. The zero-order chi connectivity index (χ0) is 20.1. The van der Waals surface area contributed by atoms with Crippen LogP contribution in [0.15, 0.2) is 70.6 Å². The van der Waals surface area contributed by atoms with E-state index in [1.165, 1.54) is 30.3 Å². The number of amides is 1. The van der Waals surface area contributed by atoms with Gasteiger partial charge >= 0.3 is 5.97 Å². The van der Waals surface area contributed by atoms with E-state index in [1.54, 1.807) is 6.92 Å². The predicted octanol–water partition coefficient (Wildman–Crippen LogP) is 3.25. The minimum absolute atomic E-state index is 0.139. The lowest BCUT2D eigenvalue weighted by Gasteiger charge is -2.12. The average molecular weight is 395 g/mol. The number of nitrogens with one attached hydrogen (secondary N) is 2. The first-order valence-corrected chi connectivity index (χ1v) is 9.28. The number of anilines is 1. The van der Waals surface area contributed by atoms with Crippen molar-refractivity contribution in [1.29, 1.82) is 0 Å². The molecule has 0 spiro atoms. The molecular formula is C20H17N3O4S. The molecule has 0 radical (unpaired) electrons. The van der Waals surface area contributed by atoms with Crippen LogP contribution in [0.2, 0.25) is 0 Å². The molecule has 1 unspecified atom stereocenters. The normalized spacial score (nSPS) is 11.6. The van der Waals surface area contributed by atoms with Gasteiger partial charge in [0.2, 0.25) is 5.91 Å². The molecule has 8 heteroatoms. The molecule has 1 atom stereocenters. The van der Waals surface area contributed by atoms with Crippen molar-refractivity contribution in [2.24, 2.45) is 0 Å². The van der Waals surface area contributed by atoms with Gasteiger partial charge in [0.15, 0.2) is 5.16 Å². The summed E-state index contributed by atoms with van der Waals surface area (Å²) in [6, 6.07) is 16.6. The van der Waals surface area contributed by atoms with Crippen LogP contribution < -0.4 is 10.9 Å². The van der Waals surface area contributed by atoms with E-state index in [2.05, 4.69) is 15.3 Å². The Bertz CT molecular complexity index is 1050. The highest BCUT2D eigenvalue weighted by atomic mass is 32.2. The molecule has 7 nitrogen and oxygen atoms in total. The number of aromatic amines is 1. The average Bonchev–Trinajstić information content (AvgIpc) is 2.68. The number of nitrogens with zero attached hydrogens (tertiary/aromatic N) is 1. The van der Waals surface area contributed by atoms with E-state index in [4.69, 9.17) is 5.11 Å². The fourth-order valence-corrected chi connectivity index (χ4v) is 3.22. The summed E-state index contributed by atoms with van der Waals surface area (Å²) >= 11 is 1.13. The number of benzene rings is 2. The van der Waals surface area contributed by atoms with Gasteiger partial charge < -0.3 is 15.4 Å². The molecule has 2 aromatic carbocycles. The van der Waals surface area contributed by atoms with E-state index < -0.39 is 11.2 Å². The number of aromatic carboxylic acids is 1. The molecule has 1 aromatic heterocycles. The van der Waals surface area contributed by atoms with Gasteiger partial charge in [0.05, 0.1) is 16.5 Å². The van der Waals surface area contributed by atoms with Crippen LogP contribution in [-0.2, 0) is 4.79 Å². The van der Waals surface area contributed by atoms with Gasteiger partial charge in [-0.15, -0.1) is 0 Å². The van der Waals surface area contributed by atoms with Crippen LogP contribution in [0.1, 0.15) is 17.3 Å². The van der Waals surface area contributed by atoms with Crippen LogP contribution in [0.25, 0.3) is 11.3 Å². The molecule has 0 saturated heterocycles. The molecule has 3 aromatic rings. The first-order chi connectivity index (χ1) is 13.4. The van der Waals surface area contributed by atoms with E-state index in [9.17, 15) is 14.4 Å². The highest BCUT2D eigenvalue weighted by molar-refractivity contribution is 8.00. The van der Waals surface area contributed by atoms with Gasteiger partial charge in [0, 0.05) is 17.3 Å². The van der Waals surface area contributed by atoms with Crippen molar-refractivity contribution < 1.29 is 14.7 Å². The molecule has 0 aliphatic carbocycles. The van der Waals surface area contributed by atoms with Gasteiger partial charge in [-0.3, -0.25) is 9.59 Å². The second-order valence-corrected chi connectivity index (χ2v) is 7.26. The number of H-pyrrole nitrogens is 1. The second kappa shape index (κ2) is 8.53. The number of carbonyl (C=O) groups excluding carboxylic acids is 1. The fourth-order valence-electron chi connectivity index (χ4n) is 2.41. The number of rotatable bonds is 6. The number of carboxylic acid groups (broad SMARTS) is 1. The Morgan fingerprint density at radius 2 is 1.79 bits per heavy atom. The Balaban J connectivity index is 1.71. The summed E-state index contributed by atoms with van der Waals surface area (Å²) in [6.07, 6.45) is 0. The summed E-state index contributed by atoms with van der Waals surface area (Å²) in [5.41, 5.74) is 1.67. The molecule has 0 aliphatic heterocycles. The molecular weight excluding hydrogens is 378 g/mol. The minimum atomic E-state index is -1.03. The third-order valence-corrected chi connectivity index (χ3v) is 4.83. The van der Waals surface area contributed by atoms with Crippen LogP contribution in [0.3, 0.4) is 0 Å². The lowest BCUT2D eigenvalue weighted by molar-refractivity contribution is -0.115. The highest BCUT2D eigenvalue weighted by Gasteiger charge is 2.17. The van der Waals surface area contributed by atoms with Crippen molar-refractivity contribution in [1.82, 2.24) is 9.97 Å². The standard InChI is InChI=1S/C20H17N3O4S/c1-12(18(25)21-15-9-7-14(8-10-15)19(26)27)28-20-22-16(11-17(24)23-20)13-5-3-2-4-6-13/h2-12H,1H3,(H,21,25)(H,26,27)(H,22,23,24). The Morgan fingerprint density at radius 3 is 2.43 bits per heavy atom. The van der Waals surface area contributed by atoms with Crippen LogP contribution in [0, 0.1) is 0 Å². The van der Waals surface area contributed by atoms with Gasteiger partial charge in [0.25, 0.3) is 5.56 Å². The van der Waals surface area contributed by atoms with Crippen molar-refractivity contribution in [3.8, 4) is 11.3 Å². The Morgan fingerprint density at radius 1 is 1.11 bits per heavy atom. The predicted molar refractivity (Wildman–Crippen MR) is 108 cm³/mol. The van der Waals surface area contributed by atoms with Crippen LogP contribution in [0.4, 0.5) is 5.69 Å². The lowest BCUT2D eigenvalue weighted by atomic mass is 10.1. The summed E-state index contributed by atoms with van der Waals surface area (Å²) < 4.78 is 0. The zero-order valence-electron chi connectivity index (χ0n) is 14.9. The van der Waals surface area contributed by atoms with Crippen molar-refractivity contribution >= 4 is 29.3 Å². The maximum Gasteiger partial charge on any atom is 0.335 e. The van der Waals surface area contributed by atoms with E-state index >= 15 is 0 Å². The van der Waals surface area contributed by atoms with E-state index in [-0.39, 0.29) is 17.0 Å². The molecule has 0 aliphatic rings. The maximum absolute atomic E-state index is 12.4. The van der Waals surface area contributed by atoms with Crippen molar-refractivity contribution in [2.45, 2.75) is 17.3 Å². The van der Waals surface area contributed by atoms with Gasteiger partial charge in [-0.1, -0.05) is 42.1 Å². The first kappa shape index (κ1) is 19.4. The van der Waals surface area contributed by atoms with E-state index in [0.717, 1.165) is 17.3 Å². The summed E-state index contributed by atoms with van der Waals surface area (Å²) in [4.78, 5) is 42.3. The molecule has 1 heterocycles. The number of carbonyl (C=O) groups is 2. The molecule has 0 saturated carbocycles. The monoisotopic (exact) mass is 395 g/mol. The summed E-state index contributed by atoms with van der Waals surface area (Å²) in [6.45, 7) is 1.70. The molecule has 1 amide bonds. The molecule has 3 N–H and O–H groups in total. The minimum Gasteiger partial charge on any atom is -0.478 e. The topological polar surface area (TPSA) is 112 Å². The molecule has 142 valence electrons. The van der Waals surface area contributed by atoms with Crippen molar-refractivity contribution in [2.75, 3.05) is 5.32 Å². The lowest BCUT2D eigenvalue weighted by Crippen LogP contribution is -2.23. The number of carboxylic acids is 1. The van der Waals surface area contributed by atoms with Gasteiger partial charge in [-0.25, -0.2) is 9.78 Å². The maximum atomic E-state index is 12.4. The molecule has 0 bridgehead atoms. The number of thioether (sulfide) groups is 1. The summed E-state index contributed by atoms with van der Waals surface area (Å²) in [5.74, 6) is -1.32. The number of hydrogen-bond acceptors (Lipinski definition) is 5. The van der Waals surface area contributed by atoms with Crippen LogP contribution >= 0.6 is 11.8 Å². The van der Waals surface area contributed by atoms with Gasteiger partial charge in [-0.05, 0) is 31.2 Å². The number of aromatic nitrogens is 2. The summed E-state index contributed by atoms with van der Waals surface area (Å²) in [7, 11) is 0. The third kappa shape index (κ3) is 4.86. The SMILES string of the molecule is CC(Sc1nc(-c2ccccc2)cc(=O)[nH]1)C(=O)Nc1ccc(C(=O)O)cc1. The largest absolute Gasteiger partial charge is 0.478 e. The zero-order valence-corrected chi connectivity index (χ0v) is 15.7. The third-order valence-electron chi connectivity index (χ3n) is 3.85. The number of hydrogen-bond donors (Lipinski definition) is 3. The van der Waals surface area contributed by atoms with Gasteiger partial charge in [-0.2, -0.15) is 0 Å². The highest BCUT2D eigenvalue weighted by Crippen LogP contribution is 2.23. The fraction of sp³-hybridized carbons (Fsp3) is 0.100. The molecule has 28 heavy (non-hydrogen) atoms. The quantitative estimate of drug-likeness (QED) is 0.436.